The van der Waals surface area contributed by atoms with Gasteiger partial charge in [-0.15, -0.1) is 0 Å². The third-order valence-corrected chi connectivity index (χ3v) is 2.89. The van der Waals surface area contributed by atoms with Crippen LogP contribution in [0.1, 0.15) is 18.1 Å². The predicted molar refractivity (Wildman–Crippen MR) is 76.2 cm³/mol. The SMILES string of the molecule is CCOc1cccc(OCc2cccc(CN)c2F)c1. The summed E-state index contributed by atoms with van der Waals surface area (Å²) in [5, 5.41) is 0. The van der Waals surface area contributed by atoms with Gasteiger partial charge < -0.3 is 15.2 Å². The van der Waals surface area contributed by atoms with Gasteiger partial charge in [0.1, 0.15) is 23.9 Å². The fraction of sp³-hybridized carbons (Fsp3) is 0.250. The molecule has 0 aliphatic heterocycles. The number of benzene rings is 2. The van der Waals surface area contributed by atoms with Gasteiger partial charge in [0.2, 0.25) is 0 Å². The van der Waals surface area contributed by atoms with E-state index in [1.165, 1.54) is 0 Å². The number of hydrogen-bond acceptors (Lipinski definition) is 3. The highest BCUT2D eigenvalue weighted by molar-refractivity contribution is 5.33. The summed E-state index contributed by atoms with van der Waals surface area (Å²) < 4.78 is 25.0. The monoisotopic (exact) mass is 275 g/mol. The van der Waals surface area contributed by atoms with Crippen molar-refractivity contribution in [3.8, 4) is 11.5 Å². The second kappa shape index (κ2) is 6.91. The molecule has 2 aromatic carbocycles. The molecule has 2 aromatic rings. The lowest BCUT2D eigenvalue weighted by Crippen LogP contribution is -2.05. The molecule has 0 radical (unpaired) electrons. The van der Waals surface area contributed by atoms with E-state index in [-0.39, 0.29) is 19.0 Å². The van der Waals surface area contributed by atoms with E-state index in [0.29, 0.717) is 23.5 Å². The highest BCUT2D eigenvalue weighted by Crippen LogP contribution is 2.21. The summed E-state index contributed by atoms with van der Waals surface area (Å²) >= 11 is 0. The van der Waals surface area contributed by atoms with Crippen molar-refractivity contribution < 1.29 is 13.9 Å². The first-order valence-corrected chi connectivity index (χ1v) is 6.56. The van der Waals surface area contributed by atoms with Gasteiger partial charge in [0.25, 0.3) is 0 Å². The molecular weight excluding hydrogens is 257 g/mol. The van der Waals surface area contributed by atoms with Crippen LogP contribution in [-0.2, 0) is 13.2 Å². The number of rotatable bonds is 6. The lowest BCUT2D eigenvalue weighted by Gasteiger charge is -2.10. The van der Waals surface area contributed by atoms with Crippen molar-refractivity contribution in [1.29, 1.82) is 0 Å². The Morgan fingerprint density at radius 1 is 1.00 bits per heavy atom. The largest absolute Gasteiger partial charge is 0.494 e. The Bertz CT molecular complexity index is 572. The molecule has 4 heteroatoms. The average Bonchev–Trinajstić information content (AvgIpc) is 2.47. The van der Waals surface area contributed by atoms with Crippen LogP contribution in [0.25, 0.3) is 0 Å². The van der Waals surface area contributed by atoms with Gasteiger partial charge in [0.15, 0.2) is 0 Å². The Morgan fingerprint density at radius 3 is 2.35 bits per heavy atom. The summed E-state index contributed by atoms with van der Waals surface area (Å²) in [6.45, 7) is 2.85. The molecule has 0 aliphatic carbocycles. The van der Waals surface area contributed by atoms with Crippen LogP contribution in [0.15, 0.2) is 42.5 Å². The predicted octanol–water partition coefficient (Wildman–Crippen LogP) is 3.26. The first-order chi connectivity index (χ1) is 9.74. The molecule has 0 spiro atoms. The second-order valence-electron chi connectivity index (χ2n) is 4.29. The first kappa shape index (κ1) is 14.3. The minimum Gasteiger partial charge on any atom is -0.494 e. The Hall–Kier alpha value is -2.07. The summed E-state index contributed by atoms with van der Waals surface area (Å²) in [5.74, 6) is 1.09. The van der Waals surface area contributed by atoms with Gasteiger partial charge in [-0.1, -0.05) is 24.3 Å². The van der Waals surface area contributed by atoms with Gasteiger partial charge in [0, 0.05) is 23.7 Å². The molecule has 2 N–H and O–H groups in total. The zero-order valence-electron chi connectivity index (χ0n) is 11.4. The number of hydrogen-bond donors (Lipinski definition) is 1. The lowest BCUT2D eigenvalue weighted by atomic mass is 10.1. The van der Waals surface area contributed by atoms with E-state index in [4.69, 9.17) is 15.2 Å². The molecule has 106 valence electrons. The van der Waals surface area contributed by atoms with Crippen LogP contribution in [0.2, 0.25) is 0 Å². The summed E-state index contributed by atoms with van der Waals surface area (Å²) in [6.07, 6.45) is 0. The van der Waals surface area contributed by atoms with Crippen molar-refractivity contribution in [1.82, 2.24) is 0 Å². The van der Waals surface area contributed by atoms with Crippen LogP contribution in [0.5, 0.6) is 11.5 Å². The molecule has 0 aromatic heterocycles. The van der Waals surface area contributed by atoms with Crippen LogP contribution in [0, 0.1) is 5.82 Å². The molecule has 0 atom stereocenters. The van der Waals surface area contributed by atoms with E-state index in [1.54, 1.807) is 24.3 Å². The Kier molecular flexibility index (Phi) is 4.96. The molecule has 0 saturated heterocycles. The highest BCUT2D eigenvalue weighted by Gasteiger charge is 2.07. The Morgan fingerprint density at radius 2 is 1.65 bits per heavy atom. The first-order valence-electron chi connectivity index (χ1n) is 6.56. The smallest absolute Gasteiger partial charge is 0.134 e. The summed E-state index contributed by atoms with van der Waals surface area (Å²) in [4.78, 5) is 0. The second-order valence-corrected chi connectivity index (χ2v) is 4.29. The van der Waals surface area contributed by atoms with E-state index in [0.717, 1.165) is 5.75 Å². The van der Waals surface area contributed by atoms with E-state index >= 15 is 0 Å². The third-order valence-electron chi connectivity index (χ3n) is 2.89. The Balaban J connectivity index is 2.07. The van der Waals surface area contributed by atoms with E-state index < -0.39 is 0 Å². The van der Waals surface area contributed by atoms with Crippen LogP contribution >= 0.6 is 0 Å². The molecule has 0 unspecified atom stereocenters. The fourth-order valence-electron chi connectivity index (χ4n) is 1.88. The van der Waals surface area contributed by atoms with Gasteiger partial charge in [0.05, 0.1) is 6.61 Å². The van der Waals surface area contributed by atoms with Gasteiger partial charge in [-0.05, 0) is 19.1 Å². The molecule has 0 heterocycles. The van der Waals surface area contributed by atoms with Crippen LogP contribution < -0.4 is 15.2 Å². The summed E-state index contributed by atoms with van der Waals surface area (Å²) in [5.41, 5.74) is 6.47. The molecule has 0 fully saturated rings. The molecule has 2 rings (SSSR count). The zero-order valence-corrected chi connectivity index (χ0v) is 11.4. The Labute approximate surface area is 118 Å². The number of halogens is 1. The normalized spacial score (nSPS) is 10.3. The van der Waals surface area contributed by atoms with Gasteiger partial charge in [-0.3, -0.25) is 0 Å². The minimum absolute atomic E-state index is 0.162. The van der Waals surface area contributed by atoms with E-state index in [9.17, 15) is 4.39 Å². The van der Waals surface area contributed by atoms with Crippen molar-refractivity contribution in [2.24, 2.45) is 5.73 Å². The lowest BCUT2D eigenvalue weighted by molar-refractivity contribution is 0.294. The quantitative estimate of drug-likeness (QED) is 0.880. The maximum atomic E-state index is 14.0. The van der Waals surface area contributed by atoms with Crippen LogP contribution in [0.3, 0.4) is 0 Å². The van der Waals surface area contributed by atoms with Crippen molar-refractivity contribution in [3.05, 3.63) is 59.4 Å². The third kappa shape index (κ3) is 3.48. The van der Waals surface area contributed by atoms with Gasteiger partial charge in [-0.25, -0.2) is 4.39 Å². The van der Waals surface area contributed by atoms with Crippen LogP contribution in [-0.4, -0.2) is 6.61 Å². The number of ether oxygens (including phenoxy) is 2. The molecule has 3 nitrogen and oxygen atoms in total. The topological polar surface area (TPSA) is 44.5 Å². The minimum atomic E-state index is -0.295. The standard InChI is InChI=1S/C16H18FNO2/c1-2-19-14-7-4-8-15(9-14)20-11-13-6-3-5-12(10-18)16(13)17/h3-9H,2,10-11,18H2,1H3. The van der Waals surface area contributed by atoms with Crippen LogP contribution in [0.4, 0.5) is 4.39 Å². The highest BCUT2D eigenvalue weighted by atomic mass is 19.1. The molecule has 20 heavy (non-hydrogen) atoms. The molecular formula is C16H18FNO2. The molecule has 0 saturated carbocycles. The average molecular weight is 275 g/mol. The van der Waals surface area contributed by atoms with E-state index in [1.807, 2.05) is 25.1 Å². The van der Waals surface area contributed by atoms with Crippen molar-refractivity contribution in [2.45, 2.75) is 20.1 Å². The summed E-state index contributed by atoms with van der Waals surface area (Å²) in [7, 11) is 0. The maximum Gasteiger partial charge on any atom is 0.134 e. The van der Waals surface area contributed by atoms with Crippen molar-refractivity contribution in [3.63, 3.8) is 0 Å². The summed E-state index contributed by atoms with van der Waals surface area (Å²) in [6, 6.07) is 12.4. The molecule has 0 amide bonds. The van der Waals surface area contributed by atoms with Crippen molar-refractivity contribution in [2.75, 3.05) is 6.61 Å². The zero-order chi connectivity index (χ0) is 14.4. The van der Waals surface area contributed by atoms with Crippen molar-refractivity contribution >= 4 is 0 Å². The maximum absolute atomic E-state index is 14.0. The van der Waals surface area contributed by atoms with Gasteiger partial charge >= 0.3 is 0 Å². The molecule has 0 aliphatic rings. The van der Waals surface area contributed by atoms with E-state index in [2.05, 4.69) is 0 Å². The fourth-order valence-corrected chi connectivity index (χ4v) is 1.88. The molecule has 0 bridgehead atoms. The number of nitrogens with two attached hydrogens (primary N) is 1. The van der Waals surface area contributed by atoms with Gasteiger partial charge in [-0.2, -0.15) is 0 Å².